The van der Waals surface area contributed by atoms with Gasteiger partial charge in [-0.15, -0.1) is 0 Å². The molecular weight excluding hydrogens is 354 g/mol. The standard InChI is InChI=1S/C20H22F2N2O3/c1-26-18-9-7-14(11-19(18)27-15-4-2-3-5-15)24-20(25)23-12-13-6-8-16(21)17(22)10-13/h6-11,15H,2-5,12H2,1H3,(H2,23,24,25). The fourth-order valence-corrected chi connectivity index (χ4v) is 3.04. The first kappa shape index (κ1) is 18.9. The van der Waals surface area contributed by atoms with Gasteiger partial charge in [-0.3, -0.25) is 0 Å². The maximum Gasteiger partial charge on any atom is 0.319 e. The first-order chi connectivity index (χ1) is 13.0. The lowest BCUT2D eigenvalue weighted by atomic mass is 10.2. The monoisotopic (exact) mass is 376 g/mol. The molecule has 0 saturated heterocycles. The number of nitrogens with one attached hydrogen (secondary N) is 2. The Bertz CT molecular complexity index is 808. The van der Waals surface area contributed by atoms with E-state index in [1.807, 2.05) is 0 Å². The molecule has 27 heavy (non-hydrogen) atoms. The number of hydrogen-bond acceptors (Lipinski definition) is 3. The van der Waals surface area contributed by atoms with Gasteiger partial charge in [0.1, 0.15) is 0 Å². The van der Waals surface area contributed by atoms with Crippen molar-refractivity contribution in [1.82, 2.24) is 5.32 Å². The summed E-state index contributed by atoms with van der Waals surface area (Å²) in [4.78, 5) is 12.1. The van der Waals surface area contributed by atoms with Crippen LogP contribution in [0.5, 0.6) is 11.5 Å². The molecule has 0 aromatic heterocycles. The maximum atomic E-state index is 13.2. The quantitative estimate of drug-likeness (QED) is 0.774. The van der Waals surface area contributed by atoms with Crippen molar-refractivity contribution >= 4 is 11.7 Å². The first-order valence-electron chi connectivity index (χ1n) is 8.88. The van der Waals surface area contributed by atoms with Gasteiger partial charge in [0.2, 0.25) is 0 Å². The molecule has 1 aliphatic rings. The van der Waals surface area contributed by atoms with Crippen LogP contribution >= 0.6 is 0 Å². The Morgan fingerprint density at radius 2 is 1.85 bits per heavy atom. The normalized spacial score (nSPS) is 14.0. The average molecular weight is 376 g/mol. The molecule has 5 nitrogen and oxygen atoms in total. The Balaban J connectivity index is 1.60. The smallest absolute Gasteiger partial charge is 0.319 e. The van der Waals surface area contributed by atoms with Crippen molar-refractivity contribution in [2.75, 3.05) is 12.4 Å². The number of carbonyl (C=O) groups is 1. The number of ether oxygens (including phenoxy) is 2. The molecule has 0 radical (unpaired) electrons. The maximum absolute atomic E-state index is 13.2. The molecule has 0 aliphatic heterocycles. The largest absolute Gasteiger partial charge is 0.493 e. The van der Waals surface area contributed by atoms with Crippen LogP contribution in [0.1, 0.15) is 31.2 Å². The molecule has 3 rings (SSSR count). The molecule has 2 aromatic rings. The molecule has 7 heteroatoms. The third kappa shape index (κ3) is 5.09. The second kappa shape index (κ2) is 8.70. The zero-order valence-electron chi connectivity index (χ0n) is 15.1. The summed E-state index contributed by atoms with van der Waals surface area (Å²) in [6.07, 6.45) is 4.48. The second-order valence-electron chi connectivity index (χ2n) is 6.45. The molecule has 2 N–H and O–H groups in total. The van der Waals surface area contributed by atoms with Crippen LogP contribution in [0.4, 0.5) is 19.3 Å². The van der Waals surface area contributed by atoms with Crippen molar-refractivity contribution in [3.63, 3.8) is 0 Å². The average Bonchev–Trinajstić information content (AvgIpc) is 3.16. The van der Waals surface area contributed by atoms with E-state index in [4.69, 9.17) is 9.47 Å². The van der Waals surface area contributed by atoms with Crippen molar-refractivity contribution in [2.45, 2.75) is 38.3 Å². The molecule has 1 aliphatic carbocycles. The summed E-state index contributed by atoms with van der Waals surface area (Å²) >= 11 is 0. The zero-order chi connectivity index (χ0) is 19.2. The van der Waals surface area contributed by atoms with Crippen molar-refractivity contribution in [3.8, 4) is 11.5 Å². The Kier molecular flexibility index (Phi) is 6.11. The van der Waals surface area contributed by atoms with Crippen molar-refractivity contribution in [3.05, 3.63) is 53.6 Å². The molecule has 0 heterocycles. The molecule has 0 unspecified atom stereocenters. The first-order valence-corrected chi connectivity index (χ1v) is 8.88. The molecule has 144 valence electrons. The van der Waals surface area contributed by atoms with Crippen LogP contribution in [0.2, 0.25) is 0 Å². The lowest BCUT2D eigenvalue weighted by Gasteiger charge is -2.17. The van der Waals surface area contributed by atoms with E-state index in [2.05, 4.69) is 10.6 Å². The summed E-state index contributed by atoms with van der Waals surface area (Å²) < 4.78 is 37.5. The van der Waals surface area contributed by atoms with Crippen molar-refractivity contribution in [1.29, 1.82) is 0 Å². The third-order valence-electron chi connectivity index (χ3n) is 4.45. The van der Waals surface area contributed by atoms with Crippen LogP contribution in [0.15, 0.2) is 36.4 Å². The van der Waals surface area contributed by atoms with E-state index in [1.165, 1.54) is 6.07 Å². The highest BCUT2D eigenvalue weighted by atomic mass is 19.2. The highest BCUT2D eigenvalue weighted by Gasteiger charge is 2.19. The Labute approximate surface area is 156 Å². The SMILES string of the molecule is COc1ccc(NC(=O)NCc2ccc(F)c(F)c2)cc1OC1CCCC1. The van der Waals surface area contributed by atoms with Gasteiger partial charge in [-0.2, -0.15) is 0 Å². The highest BCUT2D eigenvalue weighted by molar-refractivity contribution is 5.89. The number of rotatable bonds is 6. The summed E-state index contributed by atoms with van der Waals surface area (Å²) in [6.45, 7) is 0.0740. The summed E-state index contributed by atoms with van der Waals surface area (Å²) in [6, 6.07) is 8.19. The predicted molar refractivity (Wildman–Crippen MR) is 98.1 cm³/mol. The number of anilines is 1. The number of hydrogen-bond donors (Lipinski definition) is 2. The molecular formula is C20H22F2N2O3. The van der Waals surface area contributed by atoms with Crippen LogP contribution in [-0.2, 0) is 6.54 Å². The molecule has 0 spiro atoms. The van der Waals surface area contributed by atoms with Gasteiger partial charge in [0.05, 0.1) is 13.2 Å². The minimum atomic E-state index is -0.946. The topological polar surface area (TPSA) is 59.6 Å². The predicted octanol–water partition coefficient (Wildman–Crippen LogP) is 4.62. The number of amides is 2. The van der Waals surface area contributed by atoms with E-state index >= 15 is 0 Å². The van der Waals surface area contributed by atoms with Gasteiger partial charge in [0.15, 0.2) is 23.1 Å². The van der Waals surface area contributed by atoms with E-state index in [1.54, 1.807) is 25.3 Å². The summed E-state index contributed by atoms with van der Waals surface area (Å²) in [5.74, 6) is -0.674. The van der Waals surface area contributed by atoms with Gasteiger partial charge < -0.3 is 20.1 Å². The molecule has 2 amide bonds. The van der Waals surface area contributed by atoms with Crippen LogP contribution in [-0.4, -0.2) is 19.2 Å². The highest BCUT2D eigenvalue weighted by Crippen LogP contribution is 2.33. The molecule has 0 atom stereocenters. The summed E-state index contributed by atoms with van der Waals surface area (Å²) in [7, 11) is 1.57. The Morgan fingerprint density at radius 3 is 2.56 bits per heavy atom. The molecule has 1 saturated carbocycles. The van der Waals surface area contributed by atoms with Crippen LogP contribution in [0, 0.1) is 11.6 Å². The Morgan fingerprint density at radius 1 is 1.07 bits per heavy atom. The number of benzene rings is 2. The van der Waals surface area contributed by atoms with Gasteiger partial charge >= 0.3 is 6.03 Å². The Hall–Kier alpha value is -2.83. The van der Waals surface area contributed by atoms with Crippen LogP contribution < -0.4 is 20.1 Å². The van der Waals surface area contributed by atoms with Crippen molar-refractivity contribution < 1.29 is 23.0 Å². The van der Waals surface area contributed by atoms with Gasteiger partial charge in [0.25, 0.3) is 0 Å². The van der Waals surface area contributed by atoms with Gasteiger partial charge in [0, 0.05) is 18.3 Å². The van der Waals surface area contributed by atoms with E-state index < -0.39 is 17.7 Å². The molecule has 1 fully saturated rings. The van der Waals surface area contributed by atoms with Gasteiger partial charge in [-0.1, -0.05) is 6.07 Å². The fourth-order valence-electron chi connectivity index (χ4n) is 3.04. The number of methoxy groups -OCH3 is 1. The summed E-state index contributed by atoms with van der Waals surface area (Å²) in [5.41, 5.74) is 1.01. The van der Waals surface area contributed by atoms with E-state index in [9.17, 15) is 13.6 Å². The van der Waals surface area contributed by atoms with Crippen molar-refractivity contribution in [2.24, 2.45) is 0 Å². The van der Waals surface area contributed by atoms with E-state index in [0.717, 1.165) is 37.8 Å². The second-order valence-corrected chi connectivity index (χ2v) is 6.45. The lowest BCUT2D eigenvalue weighted by Crippen LogP contribution is -2.28. The third-order valence-corrected chi connectivity index (χ3v) is 4.45. The molecule has 0 bridgehead atoms. The van der Waals surface area contributed by atoms with E-state index in [-0.39, 0.29) is 12.6 Å². The van der Waals surface area contributed by atoms with Crippen LogP contribution in [0.25, 0.3) is 0 Å². The number of urea groups is 1. The number of carbonyl (C=O) groups excluding carboxylic acids is 1. The minimum Gasteiger partial charge on any atom is -0.493 e. The van der Waals surface area contributed by atoms with Gasteiger partial charge in [-0.25, -0.2) is 13.6 Å². The fraction of sp³-hybridized carbons (Fsp3) is 0.350. The summed E-state index contributed by atoms with van der Waals surface area (Å²) in [5, 5.41) is 5.31. The minimum absolute atomic E-state index is 0.0740. The zero-order valence-corrected chi connectivity index (χ0v) is 15.1. The molecule has 2 aromatic carbocycles. The van der Waals surface area contributed by atoms with E-state index in [0.29, 0.717) is 22.7 Å². The van der Waals surface area contributed by atoms with Crippen LogP contribution in [0.3, 0.4) is 0 Å². The lowest BCUT2D eigenvalue weighted by molar-refractivity contribution is 0.201. The van der Waals surface area contributed by atoms with Gasteiger partial charge in [-0.05, 0) is 55.5 Å². The number of halogens is 2.